The molecular weight excluding hydrogens is 801 g/mol. The number of nitrogens with zero attached hydrogens (tertiary/aromatic N) is 4. The van der Waals surface area contributed by atoms with E-state index in [0.717, 1.165) is 66.9 Å². The van der Waals surface area contributed by atoms with Gasteiger partial charge in [-0.1, -0.05) is 176 Å². The van der Waals surface area contributed by atoms with Crippen molar-refractivity contribution in [2.45, 2.75) is 0 Å². The highest BCUT2D eigenvalue weighted by atomic mass is 15.0. The van der Waals surface area contributed by atoms with Crippen molar-refractivity contribution in [3.05, 3.63) is 243 Å². The Morgan fingerprint density at radius 1 is 0.242 bits per heavy atom. The molecule has 4 nitrogen and oxygen atoms in total. The molecule has 3 aromatic heterocycles. The Morgan fingerprint density at radius 2 is 0.636 bits per heavy atom. The maximum atomic E-state index is 5.45. The maximum absolute atomic E-state index is 5.45. The van der Waals surface area contributed by atoms with Crippen LogP contribution in [0, 0.1) is 0 Å². The fraction of sp³-hybridized carbons (Fsp3) is 0. The molecule has 308 valence electrons. The lowest BCUT2D eigenvalue weighted by molar-refractivity contribution is 1.18. The predicted octanol–water partition coefficient (Wildman–Crippen LogP) is 16.2. The summed E-state index contributed by atoms with van der Waals surface area (Å²) in [6.07, 6.45) is 0. The first kappa shape index (κ1) is 37.7. The first-order valence-corrected chi connectivity index (χ1v) is 22.5. The Labute approximate surface area is 382 Å². The third-order valence-corrected chi connectivity index (χ3v) is 13.1. The van der Waals surface area contributed by atoms with Crippen molar-refractivity contribution >= 4 is 54.5 Å². The summed E-state index contributed by atoms with van der Waals surface area (Å²) in [6, 6.07) is 86.9. The predicted molar refractivity (Wildman–Crippen MR) is 275 cm³/mol. The van der Waals surface area contributed by atoms with Crippen molar-refractivity contribution in [3.63, 3.8) is 0 Å². The fourth-order valence-electron chi connectivity index (χ4n) is 10.00. The molecule has 0 saturated carbocycles. The maximum Gasteiger partial charge on any atom is 0.160 e. The fourth-order valence-corrected chi connectivity index (χ4v) is 10.00. The zero-order valence-electron chi connectivity index (χ0n) is 35.9. The van der Waals surface area contributed by atoms with E-state index in [4.69, 9.17) is 9.97 Å². The van der Waals surface area contributed by atoms with Crippen LogP contribution >= 0.6 is 0 Å². The molecule has 4 heteroatoms. The average Bonchev–Trinajstić information content (AvgIpc) is 3.92. The summed E-state index contributed by atoms with van der Waals surface area (Å²) in [7, 11) is 0. The molecule has 0 aliphatic heterocycles. The molecule has 0 amide bonds. The van der Waals surface area contributed by atoms with E-state index >= 15 is 0 Å². The molecule has 66 heavy (non-hydrogen) atoms. The summed E-state index contributed by atoms with van der Waals surface area (Å²) in [4.78, 5) is 10.7. The second-order valence-corrected chi connectivity index (χ2v) is 17.0. The van der Waals surface area contributed by atoms with Crippen LogP contribution < -0.4 is 0 Å². The zero-order chi connectivity index (χ0) is 43.6. The first-order chi connectivity index (χ1) is 32.7. The van der Waals surface area contributed by atoms with Crippen LogP contribution in [-0.2, 0) is 0 Å². The van der Waals surface area contributed by atoms with Crippen LogP contribution in [0.4, 0.5) is 0 Å². The molecule has 0 unspecified atom stereocenters. The molecule has 10 aromatic carbocycles. The molecule has 0 aliphatic rings. The number of aromatic nitrogens is 4. The summed E-state index contributed by atoms with van der Waals surface area (Å²) in [5, 5.41) is 6.00. The standard InChI is InChI=1S/C62H40N4/c1-2-15-41(16-3-1)42-31-33-43(34-32-42)61-55-40-47(46-19-14-22-50(39-46)66-59-29-10-6-25-53(59)54-26-7-11-30-60(54)66)35-36-56(55)63-62(64-61)48-20-12-17-44(37-48)45-18-13-21-49(38-45)65-57-27-8-4-23-51(57)52-24-5-9-28-58(52)65/h1-40H. The molecule has 3 heterocycles. The molecule has 13 aromatic rings. The molecule has 0 N–H and O–H groups in total. The van der Waals surface area contributed by atoms with Gasteiger partial charge in [-0.15, -0.1) is 0 Å². The van der Waals surface area contributed by atoms with E-state index < -0.39 is 0 Å². The lowest BCUT2D eigenvalue weighted by Crippen LogP contribution is -1.97. The summed E-state index contributed by atoms with van der Waals surface area (Å²) in [5.41, 5.74) is 17.6. The summed E-state index contributed by atoms with van der Waals surface area (Å²) >= 11 is 0. The summed E-state index contributed by atoms with van der Waals surface area (Å²) in [6.45, 7) is 0. The van der Waals surface area contributed by atoms with Crippen molar-refractivity contribution in [2.75, 3.05) is 0 Å². The monoisotopic (exact) mass is 840 g/mol. The Kier molecular flexibility index (Phi) is 8.81. The van der Waals surface area contributed by atoms with Crippen LogP contribution in [0.2, 0.25) is 0 Å². The van der Waals surface area contributed by atoms with E-state index in [1.807, 2.05) is 0 Å². The van der Waals surface area contributed by atoms with E-state index in [-0.39, 0.29) is 0 Å². The minimum Gasteiger partial charge on any atom is -0.309 e. The number of benzene rings is 10. The molecule has 0 fully saturated rings. The highest BCUT2D eigenvalue weighted by Crippen LogP contribution is 2.38. The van der Waals surface area contributed by atoms with Crippen LogP contribution in [0.3, 0.4) is 0 Å². The van der Waals surface area contributed by atoms with Crippen molar-refractivity contribution in [3.8, 4) is 67.4 Å². The van der Waals surface area contributed by atoms with Crippen LogP contribution in [-0.4, -0.2) is 19.1 Å². The van der Waals surface area contributed by atoms with Gasteiger partial charge >= 0.3 is 0 Å². The van der Waals surface area contributed by atoms with Crippen LogP contribution in [0.1, 0.15) is 0 Å². The Hall–Kier alpha value is -8.86. The lowest BCUT2D eigenvalue weighted by Gasteiger charge is -2.14. The van der Waals surface area contributed by atoms with Crippen molar-refractivity contribution < 1.29 is 0 Å². The Bertz CT molecular complexity index is 3880. The van der Waals surface area contributed by atoms with Gasteiger partial charge in [-0.2, -0.15) is 0 Å². The van der Waals surface area contributed by atoms with Gasteiger partial charge in [0.1, 0.15) is 0 Å². The minimum absolute atomic E-state index is 0.686. The molecule has 0 aliphatic carbocycles. The van der Waals surface area contributed by atoms with Gasteiger partial charge in [-0.3, -0.25) is 0 Å². The second-order valence-electron chi connectivity index (χ2n) is 17.0. The van der Waals surface area contributed by atoms with Crippen LogP contribution in [0.15, 0.2) is 243 Å². The second kappa shape index (κ2) is 15.4. The molecule has 0 saturated heterocycles. The number of hydrogen-bond acceptors (Lipinski definition) is 2. The third-order valence-electron chi connectivity index (χ3n) is 13.1. The van der Waals surface area contributed by atoms with Crippen LogP contribution in [0.5, 0.6) is 0 Å². The largest absolute Gasteiger partial charge is 0.309 e. The van der Waals surface area contributed by atoms with Gasteiger partial charge < -0.3 is 9.13 Å². The van der Waals surface area contributed by atoms with Crippen molar-refractivity contribution in [1.29, 1.82) is 0 Å². The molecule has 13 rings (SSSR count). The molecule has 0 radical (unpaired) electrons. The van der Waals surface area contributed by atoms with E-state index in [1.54, 1.807) is 0 Å². The third kappa shape index (κ3) is 6.30. The van der Waals surface area contributed by atoms with E-state index in [9.17, 15) is 0 Å². The number of para-hydroxylation sites is 4. The Balaban J connectivity index is 0.930. The summed E-state index contributed by atoms with van der Waals surface area (Å²) < 4.78 is 4.74. The number of hydrogen-bond donors (Lipinski definition) is 0. The van der Waals surface area contributed by atoms with E-state index in [2.05, 4.69) is 252 Å². The van der Waals surface area contributed by atoms with Crippen molar-refractivity contribution in [2.24, 2.45) is 0 Å². The topological polar surface area (TPSA) is 35.6 Å². The highest BCUT2D eigenvalue weighted by Gasteiger charge is 2.17. The first-order valence-electron chi connectivity index (χ1n) is 22.5. The molecular formula is C62H40N4. The average molecular weight is 841 g/mol. The zero-order valence-corrected chi connectivity index (χ0v) is 35.9. The van der Waals surface area contributed by atoms with E-state index in [1.165, 1.54) is 49.2 Å². The lowest BCUT2D eigenvalue weighted by atomic mass is 9.97. The van der Waals surface area contributed by atoms with Gasteiger partial charge in [0.15, 0.2) is 5.82 Å². The van der Waals surface area contributed by atoms with Crippen molar-refractivity contribution in [1.82, 2.24) is 19.1 Å². The molecule has 0 bridgehead atoms. The van der Waals surface area contributed by atoms with Gasteiger partial charge in [0.25, 0.3) is 0 Å². The smallest absolute Gasteiger partial charge is 0.160 e. The molecule has 0 spiro atoms. The highest BCUT2D eigenvalue weighted by molar-refractivity contribution is 6.10. The quantitative estimate of drug-likeness (QED) is 0.160. The number of rotatable bonds is 7. The van der Waals surface area contributed by atoms with Gasteiger partial charge in [0.05, 0.1) is 33.3 Å². The van der Waals surface area contributed by atoms with Gasteiger partial charge in [-0.05, 0) is 100 Å². The van der Waals surface area contributed by atoms with E-state index in [0.29, 0.717) is 5.82 Å². The Morgan fingerprint density at radius 3 is 1.18 bits per heavy atom. The van der Waals surface area contributed by atoms with Gasteiger partial charge in [0.2, 0.25) is 0 Å². The van der Waals surface area contributed by atoms with Gasteiger partial charge in [-0.25, -0.2) is 9.97 Å². The normalized spacial score (nSPS) is 11.6. The number of fused-ring (bicyclic) bond motifs is 7. The molecule has 0 atom stereocenters. The summed E-state index contributed by atoms with van der Waals surface area (Å²) in [5.74, 6) is 0.686. The van der Waals surface area contributed by atoms with Gasteiger partial charge in [0, 0.05) is 49.4 Å². The van der Waals surface area contributed by atoms with Crippen LogP contribution in [0.25, 0.3) is 122 Å². The SMILES string of the molecule is c1ccc(-c2ccc(-c3nc(-c4cccc(-c5cccc(-n6c7ccccc7c7ccccc76)c5)c4)nc4ccc(-c5cccc(-n6c7ccccc7c7ccccc76)c5)cc34)cc2)cc1. The minimum atomic E-state index is 0.686.